The van der Waals surface area contributed by atoms with Crippen LogP contribution in [0.15, 0.2) is 12.1 Å². The van der Waals surface area contributed by atoms with Gasteiger partial charge in [-0.2, -0.15) is 0 Å². The second kappa shape index (κ2) is 5.78. The van der Waals surface area contributed by atoms with Gasteiger partial charge in [0.15, 0.2) is 0 Å². The van der Waals surface area contributed by atoms with Gasteiger partial charge in [0.05, 0.1) is 13.7 Å². The van der Waals surface area contributed by atoms with Crippen molar-refractivity contribution in [2.75, 3.05) is 13.7 Å². The third-order valence-electron chi connectivity index (χ3n) is 6.89. The summed E-state index contributed by atoms with van der Waals surface area (Å²) in [7, 11) is 1.63. The first-order chi connectivity index (χ1) is 13.4. The van der Waals surface area contributed by atoms with Crippen LogP contribution in [0.4, 0.5) is 4.79 Å². The van der Waals surface area contributed by atoms with E-state index in [0.29, 0.717) is 25.9 Å². The average Bonchev–Trinajstić information content (AvgIpc) is 3.28. The predicted octanol–water partition coefficient (Wildman–Crippen LogP) is 2.75. The van der Waals surface area contributed by atoms with Crippen LogP contribution in [0.5, 0.6) is 17.2 Å². The Kier molecular flexibility index (Phi) is 3.64. The number of nitrogens with one attached hydrogen (secondary N) is 1. The summed E-state index contributed by atoms with van der Waals surface area (Å²) < 4.78 is 17.6. The van der Waals surface area contributed by atoms with Crippen LogP contribution in [0, 0.1) is 0 Å². The van der Waals surface area contributed by atoms with Gasteiger partial charge >= 0.3 is 6.03 Å². The third-order valence-corrected chi connectivity index (χ3v) is 6.89. The van der Waals surface area contributed by atoms with Gasteiger partial charge in [0.25, 0.3) is 5.91 Å². The second-order valence-corrected chi connectivity index (χ2v) is 8.72. The first-order valence-electron chi connectivity index (χ1n) is 10.1. The monoisotopic (exact) mass is 386 g/mol. The highest BCUT2D eigenvalue weighted by Crippen LogP contribution is 2.59. The lowest BCUT2D eigenvalue weighted by Crippen LogP contribution is -2.52. The highest BCUT2D eigenvalue weighted by Gasteiger charge is 2.54. The number of fused-ring (bicyclic) bond motifs is 2. The van der Waals surface area contributed by atoms with Gasteiger partial charge in [-0.1, -0.05) is 6.92 Å². The van der Waals surface area contributed by atoms with Crippen LogP contribution in [0.25, 0.3) is 0 Å². The van der Waals surface area contributed by atoms with Crippen LogP contribution in [0.1, 0.15) is 51.5 Å². The minimum absolute atomic E-state index is 0.0216. The second-order valence-electron chi connectivity index (χ2n) is 8.72. The fourth-order valence-electron chi connectivity index (χ4n) is 4.55. The smallest absolute Gasteiger partial charge is 0.325 e. The Morgan fingerprint density at radius 2 is 2.04 bits per heavy atom. The number of carbonyl (C=O) groups is 2. The molecular weight excluding hydrogens is 360 g/mol. The summed E-state index contributed by atoms with van der Waals surface area (Å²) in [5.74, 6) is 2.27. The molecule has 5 rings (SSSR count). The van der Waals surface area contributed by atoms with Crippen LogP contribution >= 0.6 is 0 Å². The van der Waals surface area contributed by atoms with Crippen molar-refractivity contribution in [3.63, 3.8) is 0 Å². The molecule has 3 fully saturated rings. The van der Waals surface area contributed by atoms with Gasteiger partial charge in [-0.15, -0.1) is 0 Å². The fourth-order valence-corrected chi connectivity index (χ4v) is 4.55. The molecule has 1 aromatic rings. The maximum absolute atomic E-state index is 12.7. The molecule has 2 saturated carbocycles. The van der Waals surface area contributed by atoms with E-state index in [0.717, 1.165) is 35.7 Å². The minimum Gasteiger partial charge on any atom is -0.496 e. The zero-order chi connectivity index (χ0) is 19.7. The van der Waals surface area contributed by atoms with Gasteiger partial charge in [-0.3, -0.25) is 9.69 Å². The first kappa shape index (κ1) is 17.6. The predicted molar refractivity (Wildman–Crippen MR) is 101 cm³/mol. The zero-order valence-corrected chi connectivity index (χ0v) is 16.5. The van der Waals surface area contributed by atoms with E-state index in [2.05, 4.69) is 5.32 Å². The first-order valence-corrected chi connectivity index (χ1v) is 10.1. The number of urea groups is 1. The van der Waals surface area contributed by atoms with Crippen molar-refractivity contribution in [1.82, 2.24) is 10.2 Å². The number of rotatable bonds is 5. The Bertz CT molecular complexity index is 859. The summed E-state index contributed by atoms with van der Waals surface area (Å²) in [5.41, 5.74) is 0.477. The molecule has 150 valence electrons. The van der Waals surface area contributed by atoms with E-state index in [1.807, 2.05) is 19.1 Å². The van der Waals surface area contributed by atoms with Gasteiger partial charge in [-0.25, -0.2) is 4.79 Å². The molecule has 28 heavy (non-hydrogen) atoms. The highest BCUT2D eigenvalue weighted by atomic mass is 16.5. The van der Waals surface area contributed by atoms with Crippen molar-refractivity contribution in [1.29, 1.82) is 0 Å². The quantitative estimate of drug-likeness (QED) is 0.788. The van der Waals surface area contributed by atoms with E-state index >= 15 is 0 Å². The Balaban J connectivity index is 1.31. The van der Waals surface area contributed by atoms with E-state index in [4.69, 9.17) is 14.2 Å². The maximum Gasteiger partial charge on any atom is 0.325 e. The van der Waals surface area contributed by atoms with Crippen molar-refractivity contribution in [3.8, 4) is 17.2 Å². The molecule has 0 aromatic heterocycles. The van der Waals surface area contributed by atoms with Crippen molar-refractivity contribution >= 4 is 11.9 Å². The highest BCUT2D eigenvalue weighted by molar-refractivity contribution is 6.07. The molecule has 1 aromatic carbocycles. The summed E-state index contributed by atoms with van der Waals surface area (Å²) in [6.07, 6.45) is 4.10. The number of carbonyl (C=O) groups excluding carboxylic acids is 2. The summed E-state index contributed by atoms with van der Waals surface area (Å²) in [4.78, 5) is 26.4. The molecule has 3 amide bonds. The lowest BCUT2D eigenvalue weighted by atomic mass is 9.86. The summed E-state index contributed by atoms with van der Waals surface area (Å²) in [5, 5.41) is 2.83. The van der Waals surface area contributed by atoms with E-state index in [1.165, 1.54) is 4.90 Å². The van der Waals surface area contributed by atoms with E-state index in [9.17, 15) is 9.59 Å². The number of hydrogen-bond acceptors (Lipinski definition) is 5. The van der Waals surface area contributed by atoms with E-state index < -0.39 is 5.54 Å². The van der Waals surface area contributed by atoms with Crippen molar-refractivity contribution in [3.05, 3.63) is 17.7 Å². The Morgan fingerprint density at radius 3 is 2.64 bits per heavy atom. The van der Waals surface area contributed by atoms with Gasteiger partial charge in [-0.05, 0) is 26.2 Å². The molecule has 1 spiro atoms. The van der Waals surface area contributed by atoms with Gasteiger partial charge in [0, 0.05) is 42.0 Å². The third kappa shape index (κ3) is 2.41. The van der Waals surface area contributed by atoms with E-state index in [-0.39, 0.29) is 29.5 Å². The SMILES string of the molecule is CC[C@@]1(C)NC(=O)N(C2CC(Oc3cc(OC)cc4c3C3(CC3)CO4)C2)C1=O. The summed E-state index contributed by atoms with van der Waals surface area (Å²) in [6, 6.07) is 3.47. The van der Waals surface area contributed by atoms with Crippen LogP contribution in [0.2, 0.25) is 0 Å². The molecule has 7 nitrogen and oxygen atoms in total. The molecule has 1 saturated heterocycles. The van der Waals surface area contributed by atoms with Crippen LogP contribution in [-0.4, -0.2) is 48.2 Å². The minimum atomic E-state index is -0.785. The molecule has 2 heterocycles. The Morgan fingerprint density at radius 1 is 1.29 bits per heavy atom. The van der Waals surface area contributed by atoms with Crippen LogP contribution < -0.4 is 19.5 Å². The van der Waals surface area contributed by atoms with Crippen molar-refractivity contribution < 1.29 is 23.8 Å². The molecule has 0 radical (unpaired) electrons. The maximum atomic E-state index is 12.7. The topological polar surface area (TPSA) is 77.1 Å². The molecule has 0 unspecified atom stereocenters. The summed E-state index contributed by atoms with van der Waals surface area (Å²) >= 11 is 0. The summed E-state index contributed by atoms with van der Waals surface area (Å²) in [6.45, 7) is 4.40. The molecule has 4 aliphatic rings. The van der Waals surface area contributed by atoms with Crippen LogP contribution in [-0.2, 0) is 10.2 Å². The van der Waals surface area contributed by atoms with Crippen molar-refractivity contribution in [2.45, 2.75) is 69.1 Å². The Labute approximate surface area is 164 Å². The van der Waals surface area contributed by atoms with Gasteiger partial charge < -0.3 is 19.5 Å². The Hall–Kier alpha value is -2.44. The number of nitrogens with zero attached hydrogens (tertiary/aromatic N) is 1. The van der Waals surface area contributed by atoms with E-state index in [1.54, 1.807) is 14.0 Å². The normalized spacial score (nSPS) is 31.9. The molecular formula is C21H26N2O5. The largest absolute Gasteiger partial charge is 0.496 e. The fraction of sp³-hybridized carbons (Fsp3) is 0.619. The number of amides is 3. The van der Waals surface area contributed by atoms with Gasteiger partial charge in [0.1, 0.15) is 28.9 Å². The molecule has 7 heteroatoms. The average molecular weight is 386 g/mol. The molecule has 1 N–H and O–H groups in total. The lowest BCUT2D eigenvalue weighted by Gasteiger charge is -2.40. The van der Waals surface area contributed by atoms with Crippen molar-refractivity contribution in [2.24, 2.45) is 0 Å². The van der Waals surface area contributed by atoms with Gasteiger partial charge in [0.2, 0.25) is 0 Å². The molecule has 2 aliphatic heterocycles. The lowest BCUT2D eigenvalue weighted by molar-refractivity contribution is -0.135. The molecule has 2 aliphatic carbocycles. The number of hydrogen-bond donors (Lipinski definition) is 1. The number of imide groups is 1. The number of ether oxygens (including phenoxy) is 3. The standard InChI is InChI=1S/C21H26N2O5/c1-4-20(2)18(24)23(19(25)22-20)12-7-14(8-12)28-16-10-13(26-3)9-15-17(16)21(5-6-21)11-27-15/h9-10,12,14H,4-8,11H2,1-3H3,(H,22,25)/t12?,14?,20-/m1/s1. The molecule has 1 atom stereocenters. The number of benzene rings is 1. The van der Waals surface area contributed by atoms with Crippen LogP contribution in [0.3, 0.4) is 0 Å². The number of methoxy groups -OCH3 is 1. The zero-order valence-electron chi connectivity index (χ0n) is 16.5. The molecule has 0 bridgehead atoms.